The molecule has 9 rings (SSSR count). The van der Waals surface area contributed by atoms with Gasteiger partial charge >= 0.3 is 6.09 Å². The van der Waals surface area contributed by atoms with Crippen molar-refractivity contribution < 1.29 is 23.9 Å². The van der Waals surface area contributed by atoms with E-state index in [2.05, 4.69) is 45.9 Å². The summed E-state index contributed by atoms with van der Waals surface area (Å²) in [5.74, 6) is 8.68. The Hall–Kier alpha value is -5.15. The summed E-state index contributed by atoms with van der Waals surface area (Å²) in [4.78, 5) is 61.0. The molecule has 5 aliphatic rings. The van der Waals surface area contributed by atoms with Crippen LogP contribution in [0.4, 0.5) is 4.79 Å². The summed E-state index contributed by atoms with van der Waals surface area (Å²) < 4.78 is 10.5. The third-order valence-corrected chi connectivity index (χ3v) is 13.6. The molecule has 3 aliphatic heterocycles. The number of H-pyrrole nitrogens is 2. The zero-order valence-corrected chi connectivity index (χ0v) is 33.4. The number of carbonyl (C=O) groups is 3. The number of carbonyl (C=O) groups excluding carboxylic acids is 3. The molecule has 0 unspecified atom stereocenters. The second-order valence-corrected chi connectivity index (χ2v) is 17.8. The minimum Gasteiger partial charge on any atom is -0.453 e. The van der Waals surface area contributed by atoms with E-state index in [1.165, 1.54) is 20.0 Å². The van der Waals surface area contributed by atoms with E-state index in [0.29, 0.717) is 38.5 Å². The van der Waals surface area contributed by atoms with Gasteiger partial charge in [-0.3, -0.25) is 9.59 Å². The summed E-state index contributed by atoms with van der Waals surface area (Å²) in [6.07, 6.45) is 9.02. The second-order valence-electron chi connectivity index (χ2n) is 17.8. The van der Waals surface area contributed by atoms with Crippen LogP contribution in [0.2, 0.25) is 0 Å². The summed E-state index contributed by atoms with van der Waals surface area (Å²) in [5.41, 5.74) is 5.81. The fraction of sp³-hybridized carbons (Fsp3) is 0.533. The van der Waals surface area contributed by atoms with Crippen molar-refractivity contribution in [2.75, 3.05) is 33.4 Å². The number of nitrogens with one attached hydrogen (secondary N) is 3. The van der Waals surface area contributed by atoms with Crippen molar-refractivity contribution in [1.29, 1.82) is 0 Å². The van der Waals surface area contributed by atoms with Crippen molar-refractivity contribution in [2.45, 2.75) is 90.3 Å². The first-order valence-corrected chi connectivity index (χ1v) is 20.7. The fourth-order valence-corrected chi connectivity index (χ4v) is 9.28. The van der Waals surface area contributed by atoms with Gasteiger partial charge in [-0.15, -0.1) is 0 Å². The molecule has 0 bridgehead atoms. The van der Waals surface area contributed by atoms with Gasteiger partial charge in [-0.2, -0.15) is 0 Å². The molecule has 5 heterocycles. The number of nitrogens with zero attached hydrogens (tertiary/aromatic N) is 4. The number of fused-ring (bicyclic) bond motifs is 1. The van der Waals surface area contributed by atoms with Gasteiger partial charge in [0.2, 0.25) is 11.8 Å². The number of likely N-dealkylation sites (tertiary alicyclic amines) is 2. The van der Waals surface area contributed by atoms with Crippen LogP contribution in [-0.2, 0) is 19.1 Å². The first-order valence-electron chi connectivity index (χ1n) is 20.7. The van der Waals surface area contributed by atoms with Crippen molar-refractivity contribution in [1.82, 2.24) is 35.1 Å². The fourth-order valence-electron chi connectivity index (χ4n) is 9.28. The Balaban J connectivity index is 0.890. The van der Waals surface area contributed by atoms with Crippen LogP contribution in [0.3, 0.4) is 0 Å². The smallest absolute Gasteiger partial charge is 0.407 e. The largest absolute Gasteiger partial charge is 0.453 e. The average Bonchev–Trinajstić information content (AvgIpc) is 3.84. The Morgan fingerprint density at radius 3 is 2.14 bits per heavy atom. The second kappa shape index (κ2) is 14.7. The van der Waals surface area contributed by atoms with Crippen LogP contribution < -0.4 is 5.32 Å². The lowest BCUT2D eigenvalue weighted by molar-refractivity contribution is -0.138. The number of amides is 3. The molecule has 2 saturated carbocycles. The lowest BCUT2D eigenvalue weighted by Crippen LogP contribution is -2.53. The van der Waals surface area contributed by atoms with E-state index in [0.717, 1.165) is 77.3 Å². The molecule has 4 aromatic rings. The van der Waals surface area contributed by atoms with E-state index >= 15 is 0 Å². The third-order valence-electron chi connectivity index (χ3n) is 13.6. The van der Waals surface area contributed by atoms with Crippen molar-refractivity contribution in [3.8, 4) is 23.1 Å². The number of imidazole rings is 2. The number of hydrogen-bond donors (Lipinski definition) is 3. The van der Waals surface area contributed by atoms with Gasteiger partial charge in [0, 0.05) is 43.3 Å². The molecular formula is C45H53N7O5. The van der Waals surface area contributed by atoms with Gasteiger partial charge in [-0.05, 0) is 110 Å². The maximum absolute atomic E-state index is 14.2. The van der Waals surface area contributed by atoms with E-state index in [9.17, 15) is 14.4 Å². The number of hydrogen-bond acceptors (Lipinski definition) is 7. The van der Waals surface area contributed by atoms with Crippen LogP contribution in [0.25, 0.3) is 22.3 Å². The normalized spacial score (nSPS) is 23.1. The van der Waals surface area contributed by atoms with Gasteiger partial charge in [0.25, 0.3) is 0 Å². The summed E-state index contributed by atoms with van der Waals surface area (Å²) in [6.45, 7) is 8.91. The molecule has 12 heteroatoms. The number of ether oxygens (including phenoxy) is 2. The predicted molar refractivity (Wildman–Crippen MR) is 214 cm³/mol. The summed E-state index contributed by atoms with van der Waals surface area (Å²) in [5, 5.41) is 2.86. The molecule has 298 valence electrons. The highest BCUT2D eigenvalue weighted by Gasteiger charge is 2.56. The van der Waals surface area contributed by atoms with Gasteiger partial charge in [0.15, 0.2) is 0 Å². The minimum atomic E-state index is -0.673. The first kappa shape index (κ1) is 37.4. The van der Waals surface area contributed by atoms with Crippen LogP contribution in [0.15, 0.2) is 48.7 Å². The Bertz CT molecular complexity index is 2230. The van der Waals surface area contributed by atoms with Crippen LogP contribution in [-0.4, -0.2) is 87.1 Å². The molecule has 2 aromatic heterocycles. The van der Waals surface area contributed by atoms with Crippen LogP contribution in [0.5, 0.6) is 0 Å². The Morgan fingerprint density at radius 1 is 0.860 bits per heavy atom. The van der Waals surface area contributed by atoms with Gasteiger partial charge < -0.3 is 34.6 Å². The Labute approximate surface area is 333 Å². The molecule has 3 amide bonds. The van der Waals surface area contributed by atoms with E-state index in [4.69, 9.17) is 19.4 Å². The average molecular weight is 772 g/mol. The monoisotopic (exact) mass is 771 g/mol. The third kappa shape index (κ3) is 7.42. The molecule has 2 aromatic carbocycles. The first-order chi connectivity index (χ1) is 27.5. The van der Waals surface area contributed by atoms with Crippen molar-refractivity contribution >= 4 is 28.9 Å². The lowest BCUT2D eigenvalue weighted by Gasteiger charge is -2.34. The molecule has 5 fully saturated rings. The number of benzene rings is 2. The van der Waals surface area contributed by atoms with E-state index in [1.807, 2.05) is 60.5 Å². The molecule has 0 radical (unpaired) electrons. The molecule has 4 atom stereocenters. The molecular weight excluding hydrogens is 719 g/mol. The highest BCUT2D eigenvalue weighted by Crippen LogP contribution is 2.59. The number of methoxy groups -OCH3 is 1. The molecule has 2 aliphatic carbocycles. The van der Waals surface area contributed by atoms with E-state index in [1.54, 1.807) is 0 Å². The quantitative estimate of drug-likeness (QED) is 0.165. The maximum Gasteiger partial charge on any atom is 0.407 e. The number of rotatable bonds is 8. The minimum absolute atomic E-state index is 0.0175. The van der Waals surface area contributed by atoms with Gasteiger partial charge in [0.05, 0.1) is 42.1 Å². The number of alkyl carbamates (subject to hydrolysis) is 1. The topological polar surface area (TPSA) is 146 Å². The molecule has 3 N–H and O–H groups in total. The standard InChI is InChI=1S/C45H53N7O5/c1-27(2)28(3)41(53)51-25-45(17-18-45)23-37(51)40-47-33-12-9-30(21-34(33)48-40)6-5-29-7-10-31(11-8-29)35-24-46-39(49-35)36-22-44(15-16-44)26-52(36)42(54)38(50-43(55)56-4)32-13-19-57-20-14-32/h7-12,21,24,27-28,32,36-38H,13-20,22-23,25-26H2,1-4H3,(H,46,49)(H,47,48)(H,50,55)/t28-,36-,37-,38-/m0/s1. The van der Waals surface area contributed by atoms with Crippen molar-refractivity contribution in [3.05, 3.63) is 71.4 Å². The van der Waals surface area contributed by atoms with Gasteiger partial charge in [-0.25, -0.2) is 14.8 Å². The number of aromatic amines is 2. The van der Waals surface area contributed by atoms with E-state index < -0.39 is 12.1 Å². The van der Waals surface area contributed by atoms with E-state index in [-0.39, 0.29) is 46.6 Å². The lowest BCUT2D eigenvalue weighted by atomic mass is 9.90. The molecule has 2 spiro atoms. The SMILES string of the molecule is COC(=O)N[C@H](C(=O)N1CC2(CC2)C[C@H]1c1ncc(-c2ccc(C#Cc3ccc4nc([C@@H]5CC6(CC6)CN5C(=O)[C@@H](C)C(C)C)[nH]c4c3)cc2)[nH]1)C1CCOCC1. The summed E-state index contributed by atoms with van der Waals surface area (Å²) in [7, 11) is 1.32. The molecule has 57 heavy (non-hydrogen) atoms. The van der Waals surface area contributed by atoms with Crippen LogP contribution in [0.1, 0.15) is 107 Å². The molecule has 12 nitrogen and oxygen atoms in total. The van der Waals surface area contributed by atoms with Crippen LogP contribution >= 0.6 is 0 Å². The zero-order valence-electron chi connectivity index (χ0n) is 33.4. The zero-order chi connectivity index (χ0) is 39.5. The molecule has 3 saturated heterocycles. The summed E-state index contributed by atoms with van der Waals surface area (Å²) in [6, 6.07) is 13.2. The van der Waals surface area contributed by atoms with Gasteiger partial charge in [0.1, 0.15) is 17.7 Å². The Kier molecular flexibility index (Phi) is 9.62. The highest BCUT2D eigenvalue weighted by molar-refractivity contribution is 5.87. The Morgan fingerprint density at radius 2 is 1.49 bits per heavy atom. The van der Waals surface area contributed by atoms with Crippen molar-refractivity contribution in [2.24, 2.45) is 28.6 Å². The number of aromatic nitrogens is 4. The van der Waals surface area contributed by atoms with Crippen molar-refractivity contribution in [3.63, 3.8) is 0 Å². The maximum atomic E-state index is 14.2. The van der Waals surface area contributed by atoms with Crippen LogP contribution in [0, 0.1) is 40.4 Å². The van der Waals surface area contributed by atoms with Gasteiger partial charge in [-0.1, -0.05) is 44.7 Å². The highest BCUT2D eigenvalue weighted by atomic mass is 16.5. The predicted octanol–water partition coefficient (Wildman–Crippen LogP) is 6.90. The summed E-state index contributed by atoms with van der Waals surface area (Å²) >= 11 is 0.